The maximum absolute atomic E-state index is 10.7. The molecule has 0 aliphatic rings. The van der Waals surface area contributed by atoms with Gasteiger partial charge in [0.2, 0.25) is 0 Å². The van der Waals surface area contributed by atoms with Gasteiger partial charge in [0, 0.05) is 15.4 Å². The smallest absolute Gasteiger partial charge is 0.352 e. The molecule has 0 bridgehead atoms. The van der Waals surface area contributed by atoms with E-state index in [-0.39, 0.29) is 5.69 Å². The van der Waals surface area contributed by atoms with E-state index >= 15 is 0 Å². The van der Waals surface area contributed by atoms with Crippen molar-refractivity contribution in [3.8, 4) is 0 Å². The number of aromatic nitrogens is 1. The van der Waals surface area contributed by atoms with E-state index in [1.54, 1.807) is 6.07 Å². The Balaban J connectivity index is 0.000000659. The third-order valence-corrected chi connectivity index (χ3v) is 2.72. The van der Waals surface area contributed by atoms with Crippen LogP contribution in [0.4, 0.5) is 0 Å². The number of aryl methyl sites for hydroxylation is 1. The number of carboxylic acids is 1. The van der Waals surface area contributed by atoms with Crippen molar-refractivity contribution in [3.63, 3.8) is 0 Å². The van der Waals surface area contributed by atoms with Crippen LogP contribution in [0.3, 0.4) is 0 Å². The first-order chi connectivity index (χ1) is 8.58. The van der Waals surface area contributed by atoms with Gasteiger partial charge in [-0.3, -0.25) is 0 Å². The molecule has 0 saturated carbocycles. The molecule has 0 fully saturated rings. The Morgan fingerprint density at radius 2 is 1.72 bits per heavy atom. The number of benzene rings is 1. The highest BCUT2D eigenvalue weighted by Crippen LogP contribution is 2.26. The van der Waals surface area contributed by atoms with Gasteiger partial charge in [0.05, 0.1) is 0 Å². The second-order valence-corrected chi connectivity index (χ2v) is 4.05. The summed E-state index contributed by atoms with van der Waals surface area (Å²) in [5.74, 6) is -0.939. The van der Waals surface area contributed by atoms with E-state index < -0.39 is 5.97 Å². The number of aromatic carboxylic acids is 1. The highest BCUT2D eigenvalue weighted by molar-refractivity contribution is 9.10. The first-order valence-electron chi connectivity index (χ1n) is 6.10. The molecular formula is C14H20BrNO2. The molecule has 1 aromatic carbocycles. The van der Waals surface area contributed by atoms with E-state index in [1.165, 1.54) is 0 Å². The van der Waals surface area contributed by atoms with Gasteiger partial charge in [-0.15, -0.1) is 0 Å². The minimum absolute atomic E-state index is 0.214. The molecule has 2 rings (SSSR count). The summed E-state index contributed by atoms with van der Waals surface area (Å²) >= 11 is 3.40. The number of hydrogen-bond acceptors (Lipinski definition) is 1. The highest BCUT2D eigenvalue weighted by Gasteiger charge is 2.09. The third-order valence-electron chi connectivity index (χ3n) is 2.06. The normalized spacial score (nSPS) is 9.00. The summed E-state index contributed by atoms with van der Waals surface area (Å²) in [6.45, 7) is 9.96. The van der Waals surface area contributed by atoms with E-state index in [1.807, 2.05) is 46.8 Å². The quantitative estimate of drug-likeness (QED) is 0.779. The zero-order valence-corrected chi connectivity index (χ0v) is 13.1. The molecule has 0 amide bonds. The zero-order chi connectivity index (χ0) is 14.3. The topological polar surface area (TPSA) is 53.1 Å². The zero-order valence-electron chi connectivity index (χ0n) is 11.5. The number of carbonyl (C=O) groups is 1. The van der Waals surface area contributed by atoms with Crippen molar-refractivity contribution in [2.75, 3.05) is 0 Å². The van der Waals surface area contributed by atoms with Crippen molar-refractivity contribution in [2.24, 2.45) is 0 Å². The van der Waals surface area contributed by atoms with Crippen LogP contribution in [0, 0.1) is 6.92 Å². The molecule has 3 nitrogen and oxygen atoms in total. The van der Waals surface area contributed by atoms with Gasteiger partial charge in [0.1, 0.15) is 5.69 Å². The summed E-state index contributed by atoms with van der Waals surface area (Å²) in [5.41, 5.74) is 2.14. The van der Waals surface area contributed by atoms with Gasteiger partial charge < -0.3 is 10.1 Å². The average Bonchev–Trinajstić information content (AvgIpc) is 2.78. The fraction of sp³-hybridized carbons (Fsp3) is 0.357. The average molecular weight is 314 g/mol. The van der Waals surface area contributed by atoms with Gasteiger partial charge >= 0.3 is 5.97 Å². The van der Waals surface area contributed by atoms with E-state index in [9.17, 15) is 4.79 Å². The monoisotopic (exact) mass is 313 g/mol. The Hall–Kier alpha value is -1.29. The maximum Gasteiger partial charge on any atom is 0.352 e. The molecule has 0 aliphatic carbocycles. The maximum atomic E-state index is 10.7. The molecule has 1 aromatic heterocycles. The van der Waals surface area contributed by atoms with Gasteiger partial charge in [-0.2, -0.15) is 0 Å². The molecule has 2 aromatic rings. The summed E-state index contributed by atoms with van der Waals surface area (Å²) in [4.78, 5) is 13.6. The van der Waals surface area contributed by atoms with Gasteiger partial charge in [0.25, 0.3) is 0 Å². The van der Waals surface area contributed by atoms with Crippen LogP contribution in [0.1, 0.15) is 43.7 Å². The number of H-pyrrole nitrogens is 1. The van der Waals surface area contributed by atoms with Crippen molar-refractivity contribution < 1.29 is 9.90 Å². The molecular weight excluding hydrogens is 294 g/mol. The second-order valence-electron chi connectivity index (χ2n) is 3.20. The van der Waals surface area contributed by atoms with Crippen LogP contribution in [-0.2, 0) is 0 Å². The lowest BCUT2D eigenvalue weighted by atomic mass is 10.2. The Kier molecular flexibility index (Phi) is 7.36. The van der Waals surface area contributed by atoms with Crippen molar-refractivity contribution >= 4 is 32.8 Å². The molecule has 1 heterocycles. The van der Waals surface area contributed by atoms with E-state index in [0.717, 1.165) is 20.9 Å². The summed E-state index contributed by atoms with van der Waals surface area (Å²) in [6, 6.07) is 5.51. The fourth-order valence-electron chi connectivity index (χ4n) is 1.44. The molecule has 100 valence electrons. The standard InChI is InChI=1S/C10H8BrNO2.2C2H6/c1-5-2-7(11)6-4-9(10(13)14)12-8(6)3-5;2*1-2/h2-4,12H,1H3,(H,13,14);2*1-2H3. The molecule has 0 radical (unpaired) electrons. The molecule has 0 atom stereocenters. The lowest BCUT2D eigenvalue weighted by Crippen LogP contribution is -1.94. The van der Waals surface area contributed by atoms with E-state index in [4.69, 9.17) is 5.11 Å². The summed E-state index contributed by atoms with van der Waals surface area (Å²) in [6.07, 6.45) is 0. The Bertz CT molecular complexity index is 518. The van der Waals surface area contributed by atoms with Crippen LogP contribution in [0.15, 0.2) is 22.7 Å². The summed E-state index contributed by atoms with van der Waals surface area (Å²) < 4.78 is 0.913. The van der Waals surface area contributed by atoms with Gasteiger partial charge in [-0.25, -0.2) is 4.79 Å². The van der Waals surface area contributed by atoms with E-state index in [0.29, 0.717) is 0 Å². The molecule has 18 heavy (non-hydrogen) atoms. The Morgan fingerprint density at radius 3 is 2.22 bits per heavy atom. The fourth-order valence-corrected chi connectivity index (χ4v) is 2.13. The van der Waals surface area contributed by atoms with Crippen LogP contribution in [0.5, 0.6) is 0 Å². The highest BCUT2D eigenvalue weighted by atomic mass is 79.9. The SMILES string of the molecule is CC.CC.Cc1cc(Br)c2cc(C(=O)O)[nH]c2c1. The van der Waals surface area contributed by atoms with Gasteiger partial charge in [-0.1, -0.05) is 43.6 Å². The lowest BCUT2D eigenvalue weighted by Gasteiger charge is -1.95. The minimum atomic E-state index is -0.939. The summed E-state index contributed by atoms with van der Waals surface area (Å²) in [7, 11) is 0. The number of halogens is 1. The van der Waals surface area contributed by atoms with Gasteiger partial charge in [-0.05, 0) is 30.7 Å². The van der Waals surface area contributed by atoms with E-state index in [2.05, 4.69) is 20.9 Å². The van der Waals surface area contributed by atoms with Crippen LogP contribution in [0.2, 0.25) is 0 Å². The predicted octanol–water partition coefficient (Wildman–Crippen LogP) is 4.99. The number of aromatic amines is 1. The third kappa shape index (κ3) is 3.88. The number of fused-ring (bicyclic) bond motifs is 1. The number of hydrogen-bond donors (Lipinski definition) is 2. The van der Waals surface area contributed by atoms with Crippen molar-refractivity contribution in [2.45, 2.75) is 34.6 Å². The molecule has 0 aliphatic heterocycles. The second kappa shape index (κ2) is 7.93. The predicted molar refractivity (Wildman–Crippen MR) is 80.4 cm³/mol. The first-order valence-corrected chi connectivity index (χ1v) is 6.89. The number of carboxylic acid groups (broad SMARTS) is 1. The van der Waals surface area contributed by atoms with Crippen LogP contribution >= 0.6 is 15.9 Å². The molecule has 0 saturated heterocycles. The van der Waals surface area contributed by atoms with Crippen molar-refractivity contribution in [1.29, 1.82) is 0 Å². The first kappa shape index (κ1) is 16.7. The lowest BCUT2D eigenvalue weighted by molar-refractivity contribution is 0.0691. The van der Waals surface area contributed by atoms with Crippen LogP contribution in [-0.4, -0.2) is 16.1 Å². The van der Waals surface area contributed by atoms with Gasteiger partial charge in [0.15, 0.2) is 0 Å². The molecule has 2 N–H and O–H groups in total. The minimum Gasteiger partial charge on any atom is -0.477 e. The van der Waals surface area contributed by atoms with Crippen LogP contribution < -0.4 is 0 Å². The van der Waals surface area contributed by atoms with Crippen molar-refractivity contribution in [3.05, 3.63) is 33.9 Å². The largest absolute Gasteiger partial charge is 0.477 e. The molecule has 4 heteroatoms. The number of nitrogens with one attached hydrogen (secondary N) is 1. The Morgan fingerprint density at radius 1 is 1.17 bits per heavy atom. The molecule has 0 unspecified atom stereocenters. The summed E-state index contributed by atoms with van der Waals surface area (Å²) in [5, 5.41) is 9.70. The number of rotatable bonds is 1. The van der Waals surface area contributed by atoms with Crippen molar-refractivity contribution in [1.82, 2.24) is 4.98 Å². The Labute approximate surface area is 116 Å². The molecule has 0 spiro atoms. The van der Waals surface area contributed by atoms with Crippen LogP contribution in [0.25, 0.3) is 10.9 Å².